The van der Waals surface area contributed by atoms with E-state index in [2.05, 4.69) is 0 Å². The second kappa shape index (κ2) is 12.8. The van der Waals surface area contributed by atoms with Crippen LogP contribution >= 0.6 is 11.3 Å². The van der Waals surface area contributed by atoms with Gasteiger partial charge in [0.15, 0.2) is 11.5 Å². The molecule has 2 aromatic rings. The van der Waals surface area contributed by atoms with Crippen molar-refractivity contribution in [2.45, 2.75) is 40.7 Å². The van der Waals surface area contributed by atoms with Crippen LogP contribution in [0.15, 0.2) is 23.0 Å². The summed E-state index contributed by atoms with van der Waals surface area (Å²) in [5.41, 5.74) is 0.396. The average Bonchev–Trinajstić information content (AvgIpc) is 3.07. The highest BCUT2D eigenvalue weighted by molar-refractivity contribution is 7.07. The molecule has 0 N–H and O–H groups in total. The molecular weight excluding hydrogens is 444 g/mol. The molecule has 1 aromatic heterocycles. The fourth-order valence-electron chi connectivity index (χ4n) is 3.15. The van der Waals surface area contributed by atoms with Gasteiger partial charge in [-0.05, 0) is 51.0 Å². The SMILES string of the molecule is CCCOc1cc(/C=c2\s/c(=C\C(=O)OCC)n(CC(=O)N(CC)CC)c2=O)ccc1OC. The Balaban J connectivity index is 2.59. The third-order valence-corrected chi connectivity index (χ3v) is 5.88. The summed E-state index contributed by atoms with van der Waals surface area (Å²) in [5, 5.41) is 0. The minimum atomic E-state index is -0.561. The maximum atomic E-state index is 13.2. The first kappa shape index (κ1) is 26.2. The van der Waals surface area contributed by atoms with Crippen LogP contribution in [0.5, 0.6) is 11.5 Å². The number of carbonyl (C=O) groups excluding carboxylic acids is 2. The maximum absolute atomic E-state index is 13.2. The number of thiazole rings is 1. The van der Waals surface area contributed by atoms with Crippen LogP contribution in [0, 0.1) is 0 Å². The summed E-state index contributed by atoms with van der Waals surface area (Å²) in [5.74, 6) is 0.434. The van der Waals surface area contributed by atoms with Gasteiger partial charge in [-0.2, -0.15) is 0 Å². The highest BCUT2D eigenvalue weighted by Gasteiger charge is 2.15. The Morgan fingerprint density at radius 3 is 2.45 bits per heavy atom. The molecule has 0 aliphatic heterocycles. The van der Waals surface area contributed by atoms with Crippen LogP contribution in [0.1, 0.15) is 39.7 Å². The van der Waals surface area contributed by atoms with Crippen molar-refractivity contribution < 1.29 is 23.8 Å². The van der Waals surface area contributed by atoms with E-state index in [-0.39, 0.29) is 24.6 Å². The van der Waals surface area contributed by atoms with Crippen molar-refractivity contribution in [3.8, 4) is 11.5 Å². The Morgan fingerprint density at radius 2 is 1.85 bits per heavy atom. The Morgan fingerprint density at radius 1 is 1.12 bits per heavy atom. The number of aromatic nitrogens is 1. The van der Waals surface area contributed by atoms with E-state index >= 15 is 0 Å². The zero-order chi connectivity index (χ0) is 24.4. The largest absolute Gasteiger partial charge is 0.493 e. The number of benzene rings is 1. The number of nitrogens with zero attached hydrogens (tertiary/aromatic N) is 2. The molecule has 1 heterocycles. The number of rotatable bonds is 11. The lowest BCUT2D eigenvalue weighted by atomic mass is 10.2. The van der Waals surface area contributed by atoms with Crippen LogP contribution < -0.4 is 24.2 Å². The van der Waals surface area contributed by atoms with E-state index in [0.717, 1.165) is 23.3 Å². The second-order valence-electron chi connectivity index (χ2n) is 7.06. The molecule has 0 fully saturated rings. The van der Waals surface area contributed by atoms with Gasteiger partial charge in [-0.15, -0.1) is 11.3 Å². The van der Waals surface area contributed by atoms with Crippen molar-refractivity contribution in [2.75, 3.05) is 33.4 Å². The molecule has 1 amide bonds. The number of likely N-dealkylation sites (N-methyl/N-ethyl adjacent to an activating group) is 1. The third kappa shape index (κ3) is 6.95. The van der Waals surface area contributed by atoms with Crippen LogP contribution in [0.3, 0.4) is 0 Å². The summed E-state index contributed by atoms with van der Waals surface area (Å²) in [4.78, 5) is 39.6. The Hall–Kier alpha value is -3.07. The summed E-state index contributed by atoms with van der Waals surface area (Å²) >= 11 is 1.13. The van der Waals surface area contributed by atoms with Gasteiger partial charge >= 0.3 is 5.97 Å². The van der Waals surface area contributed by atoms with Crippen LogP contribution in [-0.2, 0) is 20.9 Å². The molecule has 33 heavy (non-hydrogen) atoms. The Kier molecular flexibility index (Phi) is 10.2. The van der Waals surface area contributed by atoms with Gasteiger partial charge in [0.25, 0.3) is 5.56 Å². The lowest BCUT2D eigenvalue weighted by Crippen LogP contribution is -2.40. The van der Waals surface area contributed by atoms with Crippen molar-refractivity contribution in [1.82, 2.24) is 9.47 Å². The number of amides is 1. The average molecular weight is 477 g/mol. The molecule has 0 saturated carbocycles. The third-order valence-electron chi connectivity index (χ3n) is 4.82. The van der Waals surface area contributed by atoms with E-state index < -0.39 is 5.97 Å². The molecule has 9 heteroatoms. The van der Waals surface area contributed by atoms with Crippen LogP contribution in [0.4, 0.5) is 0 Å². The number of ether oxygens (including phenoxy) is 3. The first-order chi connectivity index (χ1) is 15.9. The van der Waals surface area contributed by atoms with Gasteiger partial charge in [0, 0.05) is 13.1 Å². The van der Waals surface area contributed by atoms with E-state index in [9.17, 15) is 14.4 Å². The van der Waals surface area contributed by atoms with Crippen molar-refractivity contribution in [3.05, 3.63) is 43.3 Å². The van der Waals surface area contributed by atoms with E-state index in [1.807, 2.05) is 26.8 Å². The monoisotopic (exact) mass is 476 g/mol. The molecule has 180 valence electrons. The standard InChI is InChI=1S/C24H32N2O6S/c1-6-12-32-19-13-17(10-11-18(19)30-5)14-20-24(29)26(16-21(27)25(7-2)8-3)22(33-20)15-23(28)31-9-4/h10-11,13-15H,6-9,12,16H2,1-5H3/b20-14-,22-15-. The van der Waals surface area contributed by atoms with Crippen LogP contribution in [0.25, 0.3) is 12.2 Å². The molecule has 0 aliphatic rings. The highest BCUT2D eigenvalue weighted by atomic mass is 32.1. The summed E-state index contributed by atoms with van der Waals surface area (Å²) in [6, 6.07) is 5.39. The zero-order valence-electron chi connectivity index (χ0n) is 19.9. The Labute approximate surface area is 197 Å². The van der Waals surface area contributed by atoms with Gasteiger partial charge < -0.3 is 19.1 Å². The minimum absolute atomic E-state index is 0.149. The number of methoxy groups -OCH3 is 1. The highest BCUT2D eigenvalue weighted by Crippen LogP contribution is 2.28. The van der Waals surface area contributed by atoms with Crippen molar-refractivity contribution in [2.24, 2.45) is 0 Å². The smallest absolute Gasteiger partial charge is 0.333 e. The molecule has 0 aliphatic carbocycles. The molecule has 0 bridgehead atoms. The number of hydrogen-bond acceptors (Lipinski definition) is 7. The van der Waals surface area contributed by atoms with Crippen molar-refractivity contribution >= 4 is 35.4 Å². The van der Waals surface area contributed by atoms with Crippen LogP contribution in [-0.4, -0.2) is 54.8 Å². The summed E-state index contributed by atoms with van der Waals surface area (Å²) < 4.78 is 18.2. The lowest BCUT2D eigenvalue weighted by Gasteiger charge is -2.18. The summed E-state index contributed by atoms with van der Waals surface area (Å²) in [6.07, 6.45) is 3.82. The number of carbonyl (C=O) groups is 2. The zero-order valence-corrected chi connectivity index (χ0v) is 20.7. The van der Waals surface area contributed by atoms with Gasteiger partial charge in [0.05, 0.1) is 30.9 Å². The molecule has 0 atom stereocenters. The lowest BCUT2D eigenvalue weighted by molar-refractivity contribution is -0.135. The fourth-order valence-corrected chi connectivity index (χ4v) is 4.18. The molecule has 0 spiro atoms. The fraction of sp³-hybridized carbons (Fsp3) is 0.458. The second-order valence-corrected chi connectivity index (χ2v) is 8.12. The van der Waals surface area contributed by atoms with Gasteiger partial charge in [-0.25, -0.2) is 4.79 Å². The van der Waals surface area contributed by atoms with Crippen molar-refractivity contribution in [1.29, 1.82) is 0 Å². The van der Waals surface area contributed by atoms with E-state index in [4.69, 9.17) is 14.2 Å². The first-order valence-corrected chi connectivity index (χ1v) is 11.9. The van der Waals surface area contributed by atoms with Gasteiger partial charge in [-0.1, -0.05) is 13.0 Å². The molecule has 0 unspecified atom stereocenters. The van der Waals surface area contributed by atoms with Gasteiger partial charge in [0.1, 0.15) is 11.2 Å². The molecule has 0 radical (unpaired) electrons. The molecular formula is C24H32N2O6S. The molecule has 8 nitrogen and oxygen atoms in total. The van der Waals surface area contributed by atoms with Crippen molar-refractivity contribution in [3.63, 3.8) is 0 Å². The van der Waals surface area contributed by atoms with Gasteiger partial charge in [-0.3, -0.25) is 14.2 Å². The number of esters is 1. The predicted molar refractivity (Wildman–Crippen MR) is 129 cm³/mol. The summed E-state index contributed by atoms with van der Waals surface area (Å²) in [7, 11) is 1.57. The topological polar surface area (TPSA) is 87.1 Å². The Bertz CT molecular complexity index is 1130. The number of hydrogen-bond donors (Lipinski definition) is 0. The quantitative estimate of drug-likeness (QED) is 0.459. The van der Waals surface area contributed by atoms with E-state index in [1.165, 1.54) is 10.6 Å². The first-order valence-electron chi connectivity index (χ1n) is 11.1. The minimum Gasteiger partial charge on any atom is -0.493 e. The molecule has 1 aromatic carbocycles. The normalized spacial score (nSPS) is 12.0. The van der Waals surface area contributed by atoms with E-state index in [0.29, 0.717) is 40.4 Å². The predicted octanol–water partition coefficient (Wildman–Crippen LogP) is 1.75. The van der Waals surface area contributed by atoms with E-state index in [1.54, 1.807) is 37.1 Å². The van der Waals surface area contributed by atoms with Crippen LogP contribution in [0.2, 0.25) is 0 Å². The maximum Gasteiger partial charge on any atom is 0.333 e. The molecule has 2 rings (SSSR count). The summed E-state index contributed by atoms with van der Waals surface area (Å²) in [6.45, 7) is 9.16. The van der Waals surface area contributed by atoms with Gasteiger partial charge in [0.2, 0.25) is 5.91 Å². The molecule has 0 saturated heterocycles.